The highest BCUT2D eigenvalue weighted by molar-refractivity contribution is 9.10. The molecule has 9 nitrogen and oxygen atoms in total. The molecule has 0 fully saturated rings. The molecule has 1 aromatic heterocycles. The van der Waals surface area contributed by atoms with Crippen molar-refractivity contribution in [1.82, 2.24) is 20.2 Å². The Morgan fingerprint density at radius 3 is 2.54 bits per heavy atom. The molecule has 0 unspecified atom stereocenters. The molecule has 37 heavy (non-hydrogen) atoms. The Kier molecular flexibility index (Phi) is 7.69. The van der Waals surface area contributed by atoms with Gasteiger partial charge < -0.3 is 25.0 Å². The van der Waals surface area contributed by atoms with Gasteiger partial charge in [-0.2, -0.15) is 0 Å². The highest BCUT2D eigenvalue weighted by atomic mass is 79.9. The Hall–Kier alpha value is -4.44. The Morgan fingerprint density at radius 1 is 1.05 bits per heavy atom. The molecule has 10 heteroatoms. The lowest BCUT2D eigenvalue weighted by Crippen LogP contribution is -2.29. The zero-order chi connectivity index (χ0) is 26.5. The molecule has 0 atom stereocenters. The van der Waals surface area contributed by atoms with Crippen molar-refractivity contribution in [2.75, 3.05) is 7.11 Å². The van der Waals surface area contributed by atoms with Crippen LogP contribution in [0.3, 0.4) is 0 Å². The van der Waals surface area contributed by atoms with Crippen LogP contribution in [0.4, 0.5) is 0 Å². The Bertz CT molecular complexity index is 1540. The zero-order valence-electron chi connectivity index (χ0n) is 20.0. The number of esters is 1. The second kappa shape index (κ2) is 11.1. The van der Waals surface area contributed by atoms with Crippen LogP contribution in [-0.2, 0) is 23.1 Å². The molecular weight excluding hydrogens is 540 g/mol. The van der Waals surface area contributed by atoms with Crippen LogP contribution >= 0.6 is 15.9 Å². The number of halogens is 1. The Morgan fingerprint density at radius 2 is 1.84 bits per heavy atom. The van der Waals surface area contributed by atoms with E-state index in [-0.39, 0.29) is 29.5 Å². The topological polar surface area (TPSA) is 123 Å². The molecule has 0 spiro atoms. The van der Waals surface area contributed by atoms with Crippen molar-refractivity contribution >= 4 is 50.8 Å². The first-order valence-corrected chi connectivity index (χ1v) is 11.9. The molecule has 0 saturated carbocycles. The molecule has 4 aromatic rings. The molecule has 3 aromatic carbocycles. The van der Waals surface area contributed by atoms with Crippen LogP contribution in [0.25, 0.3) is 17.1 Å². The van der Waals surface area contributed by atoms with Crippen molar-refractivity contribution in [2.24, 2.45) is 7.05 Å². The van der Waals surface area contributed by atoms with Crippen LogP contribution < -0.4 is 10.6 Å². The third-order valence-corrected chi connectivity index (χ3v) is 6.24. The monoisotopic (exact) mass is 562 g/mol. The molecule has 4 rings (SSSR count). The number of hydrogen-bond acceptors (Lipinski definition) is 6. The Balaban J connectivity index is 1.51. The van der Waals surface area contributed by atoms with E-state index in [9.17, 15) is 19.5 Å². The number of ether oxygens (including phenoxy) is 1. The van der Waals surface area contributed by atoms with Crippen molar-refractivity contribution in [3.05, 3.63) is 99.4 Å². The summed E-state index contributed by atoms with van der Waals surface area (Å²) in [7, 11) is 3.02. The second-order valence-electron chi connectivity index (χ2n) is 8.07. The van der Waals surface area contributed by atoms with Crippen LogP contribution in [0.5, 0.6) is 5.75 Å². The number of aromatic hydroxyl groups is 1. The number of hydrogen-bond donors (Lipinski definition) is 3. The van der Waals surface area contributed by atoms with Crippen LogP contribution in [0.2, 0.25) is 0 Å². The van der Waals surface area contributed by atoms with Gasteiger partial charge in [0.15, 0.2) is 0 Å². The smallest absolute Gasteiger partial charge is 0.354 e. The van der Waals surface area contributed by atoms with E-state index in [1.807, 2.05) is 24.3 Å². The number of methoxy groups -OCH3 is 1. The standard InChI is InChI=1S/C27H23BrN4O5/c1-32-23-9-4-3-8-21(23)30-24(32)14-22(27(36)37-2)31-26(35)19-11-10-17(13-20(19)28)25(34)29-15-16-6-5-7-18(33)12-16/h3-14,33H,15H2,1-2H3,(H,29,34)(H,31,35). The lowest BCUT2D eigenvalue weighted by atomic mass is 10.1. The average Bonchev–Trinajstić information content (AvgIpc) is 3.21. The minimum atomic E-state index is -0.737. The number of phenols is 1. The fraction of sp³-hybridized carbons (Fsp3) is 0.111. The van der Waals surface area contributed by atoms with Crippen molar-refractivity contribution in [3.8, 4) is 5.75 Å². The van der Waals surface area contributed by atoms with Crippen LogP contribution in [0.1, 0.15) is 32.1 Å². The van der Waals surface area contributed by atoms with Gasteiger partial charge in [-0.25, -0.2) is 9.78 Å². The molecule has 0 bridgehead atoms. The van der Waals surface area contributed by atoms with Crippen LogP contribution in [-0.4, -0.2) is 39.6 Å². The summed E-state index contributed by atoms with van der Waals surface area (Å²) in [6, 6.07) is 18.6. The van der Waals surface area contributed by atoms with E-state index in [4.69, 9.17) is 4.74 Å². The number of nitrogens with one attached hydrogen (secondary N) is 2. The van der Waals surface area contributed by atoms with Gasteiger partial charge in [-0.05, 0) is 64.0 Å². The van der Waals surface area contributed by atoms with E-state index in [1.54, 1.807) is 35.9 Å². The van der Waals surface area contributed by atoms with Crippen molar-refractivity contribution < 1.29 is 24.2 Å². The number of aryl methyl sites for hydroxylation is 1. The number of carbonyl (C=O) groups is 3. The maximum absolute atomic E-state index is 13.0. The number of para-hydroxylation sites is 2. The zero-order valence-corrected chi connectivity index (χ0v) is 21.6. The first-order valence-electron chi connectivity index (χ1n) is 11.2. The summed E-state index contributed by atoms with van der Waals surface area (Å²) in [5, 5.41) is 14.9. The molecular formula is C27H23BrN4O5. The van der Waals surface area contributed by atoms with E-state index in [2.05, 4.69) is 31.5 Å². The molecule has 0 aliphatic heterocycles. The summed E-state index contributed by atoms with van der Waals surface area (Å²) in [6.45, 7) is 0.225. The van der Waals surface area contributed by atoms with Gasteiger partial charge in [0.1, 0.15) is 17.3 Å². The fourth-order valence-corrected chi connectivity index (χ4v) is 4.22. The van der Waals surface area contributed by atoms with Gasteiger partial charge in [0, 0.05) is 29.7 Å². The number of aromatic nitrogens is 2. The highest BCUT2D eigenvalue weighted by Crippen LogP contribution is 2.21. The van der Waals surface area contributed by atoms with Gasteiger partial charge in [-0.1, -0.05) is 24.3 Å². The Labute approximate surface area is 220 Å². The van der Waals surface area contributed by atoms with Gasteiger partial charge in [-0.15, -0.1) is 0 Å². The third-order valence-electron chi connectivity index (χ3n) is 5.59. The van der Waals surface area contributed by atoms with Gasteiger partial charge in [0.25, 0.3) is 11.8 Å². The summed E-state index contributed by atoms with van der Waals surface area (Å²) < 4.78 is 7.01. The van der Waals surface area contributed by atoms with E-state index in [0.29, 0.717) is 15.9 Å². The maximum Gasteiger partial charge on any atom is 0.354 e. The highest BCUT2D eigenvalue weighted by Gasteiger charge is 2.19. The normalized spacial score (nSPS) is 11.3. The van der Waals surface area contributed by atoms with Crippen molar-refractivity contribution in [3.63, 3.8) is 0 Å². The van der Waals surface area contributed by atoms with E-state index in [0.717, 1.165) is 16.6 Å². The molecule has 1 heterocycles. The van der Waals surface area contributed by atoms with Gasteiger partial charge in [0.05, 0.1) is 23.7 Å². The van der Waals surface area contributed by atoms with Crippen molar-refractivity contribution in [1.29, 1.82) is 0 Å². The number of imidazole rings is 1. The maximum atomic E-state index is 13.0. The molecule has 2 amide bonds. The molecule has 0 saturated heterocycles. The summed E-state index contributed by atoms with van der Waals surface area (Å²) in [4.78, 5) is 42.5. The fourth-order valence-electron chi connectivity index (χ4n) is 3.66. The first-order chi connectivity index (χ1) is 17.8. The third kappa shape index (κ3) is 5.87. The number of phenolic OH excluding ortho intramolecular Hbond substituents is 1. The first kappa shape index (κ1) is 25.6. The van der Waals surface area contributed by atoms with Gasteiger partial charge >= 0.3 is 5.97 Å². The average molecular weight is 563 g/mol. The number of carbonyl (C=O) groups excluding carboxylic acids is 3. The molecule has 3 N–H and O–H groups in total. The summed E-state index contributed by atoms with van der Waals surface area (Å²) in [5.74, 6) is -1.09. The lowest BCUT2D eigenvalue weighted by molar-refractivity contribution is -0.136. The van der Waals surface area contributed by atoms with Gasteiger partial charge in [0.2, 0.25) is 0 Å². The number of rotatable bonds is 7. The molecule has 0 aliphatic carbocycles. The van der Waals surface area contributed by atoms with Crippen LogP contribution in [0, 0.1) is 0 Å². The number of benzene rings is 3. The summed E-state index contributed by atoms with van der Waals surface area (Å²) in [5.41, 5.74) is 2.80. The van der Waals surface area contributed by atoms with Crippen molar-refractivity contribution in [2.45, 2.75) is 6.54 Å². The lowest BCUT2D eigenvalue weighted by Gasteiger charge is -2.11. The van der Waals surface area contributed by atoms with E-state index in [1.165, 1.54) is 31.4 Å². The summed E-state index contributed by atoms with van der Waals surface area (Å²) >= 11 is 3.34. The minimum Gasteiger partial charge on any atom is -0.508 e. The SMILES string of the molecule is COC(=O)C(=Cc1nc2ccccc2n1C)NC(=O)c1ccc(C(=O)NCc2cccc(O)c2)cc1Br. The molecule has 0 aliphatic rings. The minimum absolute atomic E-state index is 0.0919. The van der Waals surface area contributed by atoms with Crippen LogP contribution in [0.15, 0.2) is 76.9 Å². The molecule has 0 radical (unpaired) electrons. The number of amides is 2. The second-order valence-corrected chi connectivity index (χ2v) is 8.92. The summed E-state index contributed by atoms with van der Waals surface area (Å²) in [6.07, 6.45) is 1.45. The number of nitrogens with zero attached hydrogens (tertiary/aromatic N) is 2. The van der Waals surface area contributed by atoms with E-state index < -0.39 is 11.9 Å². The molecule has 188 valence electrons. The van der Waals surface area contributed by atoms with Gasteiger partial charge in [-0.3, -0.25) is 9.59 Å². The van der Waals surface area contributed by atoms with E-state index >= 15 is 0 Å². The predicted octanol–water partition coefficient (Wildman–Crippen LogP) is 3.92. The quantitative estimate of drug-likeness (QED) is 0.232. The number of fused-ring (bicyclic) bond motifs is 1. The largest absolute Gasteiger partial charge is 0.508 e. The predicted molar refractivity (Wildman–Crippen MR) is 142 cm³/mol.